The molecule has 1 aromatic carbocycles. The average Bonchev–Trinajstić information content (AvgIpc) is 2.45. The molecular formula is C19H32N2. The van der Waals surface area contributed by atoms with E-state index in [0.29, 0.717) is 11.8 Å². The second kappa shape index (κ2) is 6.93. The van der Waals surface area contributed by atoms with Crippen molar-refractivity contribution >= 4 is 0 Å². The van der Waals surface area contributed by atoms with E-state index >= 15 is 0 Å². The van der Waals surface area contributed by atoms with E-state index in [0.717, 1.165) is 26.1 Å². The molecular weight excluding hydrogens is 256 g/mol. The third-order valence-corrected chi connectivity index (χ3v) is 4.76. The van der Waals surface area contributed by atoms with E-state index in [2.05, 4.69) is 56.9 Å². The molecule has 0 aromatic heterocycles. The lowest BCUT2D eigenvalue weighted by molar-refractivity contribution is 0.0411. The maximum atomic E-state index is 6.31. The van der Waals surface area contributed by atoms with E-state index in [-0.39, 0.29) is 5.54 Å². The van der Waals surface area contributed by atoms with Crippen molar-refractivity contribution in [3.8, 4) is 0 Å². The molecule has 1 aliphatic rings. The van der Waals surface area contributed by atoms with Crippen molar-refractivity contribution in [2.75, 3.05) is 13.1 Å². The number of hydrogen-bond donors (Lipinski definition) is 1. The Hall–Kier alpha value is -0.860. The quantitative estimate of drug-likeness (QED) is 0.862. The zero-order chi connectivity index (χ0) is 15.5. The van der Waals surface area contributed by atoms with Gasteiger partial charge in [-0.1, -0.05) is 52.0 Å². The van der Waals surface area contributed by atoms with E-state index in [9.17, 15) is 0 Å². The number of nitrogens with two attached hydrogens (primary N) is 1. The van der Waals surface area contributed by atoms with Gasteiger partial charge in [-0.15, -0.1) is 0 Å². The molecule has 2 N–H and O–H groups in total. The van der Waals surface area contributed by atoms with Gasteiger partial charge in [0.1, 0.15) is 0 Å². The van der Waals surface area contributed by atoms with Crippen molar-refractivity contribution in [3.05, 3.63) is 35.4 Å². The van der Waals surface area contributed by atoms with Gasteiger partial charge < -0.3 is 5.73 Å². The number of hydrogen-bond acceptors (Lipinski definition) is 2. The van der Waals surface area contributed by atoms with Crippen LogP contribution >= 0.6 is 0 Å². The zero-order valence-electron chi connectivity index (χ0n) is 14.2. The Morgan fingerprint density at radius 2 is 1.62 bits per heavy atom. The van der Waals surface area contributed by atoms with Gasteiger partial charge in [0, 0.05) is 25.2 Å². The summed E-state index contributed by atoms with van der Waals surface area (Å²) in [5.41, 5.74) is 9.49. The van der Waals surface area contributed by atoms with E-state index in [1.807, 2.05) is 0 Å². The molecule has 1 aromatic rings. The fourth-order valence-electron chi connectivity index (χ4n) is 4.06. The van der Waals surface area contributed by atoms with Gasteiger partial charge in [-0.3, -0.25) is 4.90 Å². The molecule has 0 aliphatic carbocycles. The van der Waals surface area contributed by atoms with Gasteiger partial charge in [0.25, 0.3) is 0 Å². The summed E-state index contributed by atoms with van der Waals surface area (Å²) in [5, 5.41) is 0. The Morgan fingerprint density at radius 1 is 1.05 bits per heavy atom. The Kier molecular flexibility index (Phi) is 5.45. The zero-order valence-corrected chi connectivity index (χ0v) is 14.2. The number of fused-ring (bicyclic) bond motifs is 1. The monoisotopic (exact) mass is 288 g/mol. The predicted octanol–water partition coefficient (Wildman–Crippen LogP) is 3.83. The van der Waals surface area contributed by atoms with Crippen LogP contribution in [0.2, 0.25) is 0 Å². The van der Waals surface area contributed by atoms with Crippen LogP contribution in [0.25, 0.3) is 0 Å². The topological polar surface area (TPSA) is 29.3 Å². The molecule has 118 valence electrons. The predicted molar refractivity (Wildman–Crippen MR) is 91.3 cm³/mol. The van der Waals surface area contributed by atoms with Crippen LogP contribution in [0, 0.1) is 11.8 Å². The van der Waals surface area contributed by atoms with Crippen LogP contribution in [0.5, 0.6) is 0 Å². The van der Waals surface area contributed by atoms with Gasteiger partial charge in [-0.25, -0.2) is 0 Å². The summed E-state index contributed by atoms with van der Waals surface area (Å²) in [6.45, 7) is 12.3. The second-order valence-electron chi connectivity index (χ2n) is 7.56. The highest BCUT2D eigenvalue weighted by Crippen LogP contribution is 2.34. The second-order valence-corrected chi connectivity index (χ2v) is 7.56. The summed E-state index contributed by atoms with van der Waals surface area (Å²) in [7, 11) is 0. The van der Waals surface area contributed by atoms with Gasteiger partial charge in [0.2, 0.25) is 0 Å². The molecule has 2 nitrogen and oxygen atoms in total. The van der Waals surface area contributed by atoms with Gasteiger partial charge in [0.15, 0.2) is 0 Å². The molecule has 0 amide bonds. The third-order valence-electron chi connectivity index (χ3n) is 4.76. The highest BCUT2D eigenvalue weighted by Gasteiger charge is 2.38. The maximum Gasteiger partial charge on any atom is 0.0340 e. The number of benzene rings is 1. The fourth-order valence-corrected chi connectivity index (χ4v) is 4.06. The Bertz CT molecular complexity index is 441. The largest absolute Gasteiger partial charge is 0.329 e. The molecule has 0 spiro atoms. The van der Waals surface area contributed by atoms with Gasteiger partial charge in [-0.2, -0.15) is 0 Å². The molecule has 2 heteroatoms. The van der Waals surface area contributed by atoms with Crippen molar-refractivity contribution in [2.24, 2.45) is 17.6 Å². The van der Waals surface area contributed by atoms with Gasteiger partial charge >= 0.3 is 0 Å². The van der Waals surface area contributed by atoms with Crippen molar-refractivity contribution in [3.63, 3.8) is 0 Å². The molecule has 2 rings (SSSR count). The molecule has 0 bridgehead atoms. The summed E-state index contributed by atoms with van der Waals surface area (Å²) in [4.78, 5) is 2.68. The number of nitrogens with zero attached hydrogens (tertiary/aromatic N) is 1. The highest BCUT2D eigenvalue weighted by atomic mass is 15.2. The Labute approximate surface area is 130 Å². The molecule has 1 heterocycles. The molecule has 0 radical (unpaired) electrons. The first-order valence-electron chi connectivity index (χ1n) is 8.49. The van der Waals surface area contributed by atoms with Crippen molar-refractivity contribution in [1.29, 1.82) is 0 Å². The lowest BCUT2D eigenvalue weighted by atomic mass is 9.79. The highest BCUT2D eigenvalue weighted by molar-refractivity contribution is 5.29. The normalized spacial score (nSPS) is 16.5. The minimum Gasteiger partial charge on any atom is -0.329 e. The van der Waals surface area contributed by atoms with Gasteiger partial charge in [0.05, 0.1) is 0 Å². The van der Waals surface area contributed by atoms with Crippen LogP contribution < -0.4 is 5.73 Å². The molecule has 0 atom stereocenters. The molecule has 1 aliphatic heterocycles. The summed E-state index contributed by atoms with van der Waals surface area (Å²) >= 11 is 0. The number of rotatable bonds is 6. The van der Waals surface area contributed by atoms with E-state index < -0.39 is 0 Å². The SMILES string of the molecule is CC(C)CC(CN)(CC(C)C)N1CCc2ccccc2C1. The summed E-state index contributed by atoms with van der Waals surface area (Å²) in [6, 6.07) is 8.89. The summed E-state index contributed by atoms with van der Waals surface area (Å²) in [6.07, 6.45) is 3.56. The van der Waals surface area contributed by atoms with Crippen LogP contribution in [-0.2, 0) is 13.0 Å². The maximum absolute atomic E-state index is 6.31. The summed E-state index contributed by atoms with van der Waals surface area (Å²) < 4.78 is 0. The Morgan fingerprint density at radius 3 is 2.14 bits per heavy atom. The minimum atomic E-state index is 0.163. The lowest BCUT2D eigenvalue weighted by Gasteiger charge is -2.48. The minimum absolute atomic E-state index is 0.163. The third kappa shape index (κ3) is 3.87. The molecule has 0 saturated heterocycles. The Balaban J connectivity index is 2.25. The lowest BCUT2D eigenvalue weighted by Crippen LogP contribution is -2.56. The van der Waals surface area contributed by atoms with E-state index in [1.165, 1.54) is 24.0 Å². The first-order valence-corrected chi connectivity index (χ1v) is 8.49. The molecule has 21 heavy (non-hydrogen) atoms. The van der Waals surface area contributed by atoms with Crippen molar-refractivity contribution < 1.29 is 0 Å². The molecule has 0 saturated carbocycles. The van der Waals surface area contributed by atoms with E-state index in [1.54, 1.807) is 0 Å². The fraction of sp³-hybridized carbons (Fsp3) is 0.684. The van der Waals surface area contributed by atoms with Crippen LogP contribution in [-0.4, -0.2) is 23.5 Å². The van der Waals surface area contributed by atoms with Crippen LogP contribution in [0.1, 0.15) is 51.7 Å². The van der Waals surface area contributed by atoms with Crippen molar-refractivity contribution in [2.45, 2.75) is 59.0 Å². The average molecular weight is 288 g/mol. The van der Waals surface area contributed by atoms with Crippen molar-refractivity contribution in [1.82, 2.24) is 4.90 Å². The van der Waals surface area contributed by atoms with E-state index in [4.69, 9.17) is 5.73 Å². The first kappa shape index (κ1) is 16.5. The first-order chi connectivity index (χ1) is 9.97. The summed E-state index contributed by atoms with van der Waals surface area (Å²) in [5.74, 6) is 1.37. The van der Waals surface area contributed by atoms with Crippen LogP contribution in [0.15, 0.2) is 24.3 Å². The van der Waals surface area contributed by atoms with Gasteiger partial charge in [-0.05, 0) is 42.2 Å². The van der Waals surface area contributed by atoms with Crippen LogP contribution in [0.4, 0.5) is 0 Å². The molecule has 0 unspecified atom stereocenters. The standard InChI is InChI=1S/C19H32N2/c1-15(2)11-19(14-20,12-16(3)4)21-10-9-17-7-5-6-8-18(17)13-21/h5-8,15-16H,9-14,20H2,1-4H3. The molecule has 0 fully saturated rings. The smallest absolute Gasteiger partial charge is 0.0340 e. The van der Waals surface area contributed by atoms with Crippen LogP contribution in [0.3, 0.4) is 0 Å².